The van der Waals surface area contributed by atoms with Gasteiger partial charge in [0, 0.05) is 13.1 Å². The Kier molecular flexibility index (Phi) is 4.58. The number of hydrogen-bond donors (Lipinski definition) is 0. The molecule has 3 nitrogen and oxygen atoms in total. The van der Waals surface area contributed by atoms with Crippen molar-refractivity contribution < 1.29 is 13.9 Å². The highest BCUT2D eigenvalue weighted by Gasteiger charge is 2.17. The highest BCUT2D eigenvalue weighted by molar-refractivity contribution is 9.10. The van der Waals surface area contributed by atoms with Gasteiger partial charge in [0.15, 0.2) is 6.61 Å². The lowest BCUT2D eigenvalue weighted by Gasteiger charge is -2.26. The summed E-state index contributed by atoms with van der Waals surface area (Å²) in [6.45, 7) is 1.63. The summed E-state index contributed by atoms with van der Waals surface area (Å²) in [5.41, 5.74) is 0. The van der Waals surface area contributed by atoms with Crippen LogP contribution >= 0.6 is 15.9 Å². The molecule has 0 spiro atoms. The Balaban J connectivity index is 1.88. The Morgan fingerprint density at radius 1 is 1.33 bits per heavy atom. The van der Waals surface area contributed by atoms with Crippen molar-refractivity contribution in [1.29, 1.82) is 0 Å². The lowest BCUT2D eigenvalue weighted by molar-refractivity contribution is -0.134. The second-order valence-corrected chi connectivity index (χ2v) is 5.16. The molecule has 1 amide bonds. The summed E-state index contributed by atoms with van der Waals surface area (Å²) in [4.78, 5) is 13.7. The van der Waals surface area contributed by atoms with Crippen LogP contribution in [0.3, 0.4) is 0 Å². The van der Waals surface area contributed by atoms with Crippen LogP contribution in [0.15, 0.2) is 22.7 Å². The Labute approximate surface area is 114 Å². The van der Waals surface area contributed by atoms with Gasteiger partial charge < -0.3 is 9.64 Å². The first-order valence-corrected chi connectivity index (χ1v) is 6.82. The molecule has 98 valence electrons. The molecule has 1 aliphatic rings. The molecule has 0 radical (unpaired) electrons. The minimum atomic E-state index is -0.336. The number of halogens is 2. The summed E-state index contributed by atoms with van der Waals surface area (Å²) in [5, 5.41) is 0. The van der Waals surface area contributed by atoms with Gasteiger partial charge in [-0.05, 0) is 53.4 Å². The Hall–Kier alpha value is -1.10. The molecule has 5 heteroatoms. The maximum atomic E-state index is 12.9. The van der Waals surface area contributed by atoms with Crippen LogP contribution in [0.4, 0.5) is 4.39 Å². The molecule has 1 aromatic carbocycles. The van der Waals surface area contributed by atoms with Crippen molar-refractivity contribution in [2.75, 3.05) is 19.7 Å². The fraction of sp³-hybridized carbons (Fsp3) is 0.462. The van der Waals surface area contributed by atoms with E-state index in [1.807, 2.05) is 4.90 Å². The lowest BCUT2D eigenvalue weighted by Crippen LogP contribution is -2.38. The molecule has 18 heavy (non-hydrogen) atoms. The van der Waals surface area contributed by atoms with Crippen LogP contribution in [-0.4, -0.2) is 30.5 Å². The Bertz CT molecular complexity index is 433. The van der Waals surface area contributed by atoms with Crippen LogP contribution in [0.5, 0.6) is 5.75 Å². The van der Waals surface area contributed by atoms with Crippen molar-refractivity contribution in [2.24, 2.45) is 0 Å². The molecular formula is C13H15BrFNO2. The first-order valence-electron chi connectivity index (χ1n) is 6.02. The van der Waals surface area contributed by atoms with Gasteiger partial charge in [0.2, 0.25) is 0 Å². The van der Waals surface area contributed by atoms with E-state index in [-0.39, 0.29) is 18.3 Å². The van der Waals surface area contributed by atoms with E-state index in [0.29, 0.717) is 10.2 Å². The van der Waals surface area contributed by atoms with Crippen molar-refractivity contribution in [3.05, 3.63) is 28.5 Å². The van der Waals surface area contributed by atoms with Gasteiger partial charge in [-0.2, -0.15) is 0 Å². The second kappa shape index (κ2) is 6.18. The molecule has 0 bridgehead atoms. The van der Waals surface area contributed by atoms with Gasteiger partial charge in [-0.1, -0.05) is 0 Å². The average molecular weight is 316 g/mol. The molecule has 2 rings (SSSR count). The summed E-state index contributed by atoms with van der Waals surface area (Å²) in [5.74, 6) is 0.143. The average Bonchev–Trinajstić information content (AvgIpc) is 2.38. The van der Waals surface area contributed by atoms with Crippen molar-refractivity contribution in [2.45, 2.75) is 19.3 Å². The predicted molar refractivity (Wildman–Crippen MR) is 70.0 cm³/mol. The number of hydrogen-bond acceptors (Lipinski definition) is 2. The molecule has 1 aliphatic heterocycles. The molecule has 0 N–H and O–H groups in total. The number of likely N-dealkylation sites (tertiary alicyclic amines) is 1. The zero-order chi connectivity index (χ0) is 13.0. The van der Waals surface area contributed by atoms with E-state index in [0.717, 1.165) is 25.9 Å². The number of nitrogens with zero attached hydrogens (tertiary/aromatic N) is 1. The predicted octanol–water partition coefficient (Wildman–Crippen LogP) is 2.98. The van der Waals surface area contributed by atoms with E-state index >= 15 is 0 Å². The minimum Gasteiger partial charge on any atom is -0.483 e. The quantitative estimate of drug-likeness (QED) is 0.858. The van der Waals surface area contributed by atoms with Gasteiger partial charge >= 0.3 is 0 Å². The standard InChI is InChI=1S/C13H15BrFNO2/c14-11-8-10(15)4-5-12(11)18-9-13(17)16-6-2-1-3-7-16/h4-5,8H,1-3,6-7,9H2. The fourth-order valence-electron chi connectivity index (χ4n) is 1.97. The molecule has 0 aliphatic carbocycles. The van der Waals surface area contributed by atoms with E-state index in [9.17, 15) is 9.18 Å². The van der Waals surface area contributed by atoms with E-state index in [4.69, 9.17) is 4.74 Å². The summed E-state index contributed by atoms with van der Waals surface area (Å²) >= 11 is 3.20. The smallest absolute Gasteiger partial charge is 0.260 e. The number of benzene rings is 1. The number of amides is 1. The highest BCUT2D eigenvalue weighted by Crippen LogP contribution is 2.25. The van der Waals surface area contributed by atoms with Crippen molar-refractivity contribution in [3.63, 3.8) is 0 Å². The van der Waals surface area contributed by atoms with Gasteiger partial charge in [0.1, 0.15) is 11.6 Å². The number of ether oxygens (including phenoxy) is 1. The lowest BCUT2D eigenvalue weighted by atomic mass is 10.1. The van der Waals surface area contributed by atoms with Crippen LogP contribution in [0.25, 0.3) is 0 Å². The molecule has 0 unspecified atom stereocenters. The third-order valence-corrected chi connectivity index (χ3v) is 3.57. The molecule has 0 saturated carbocycles. The maximum Gasteiger partial charge on any atom is 0.260 e. The first-order chi connectivity index (χ1) is 8.66. The van der Waals surface area contributed by atoms with Crippen LogP contribution in [-0.2, 0) is 4.79 Å². The molecule has 1 saturated heterocycles. The van der Waals surface area contributed by atoms with Gasteiger partial charge in [0.25, 0.3) is 5.91 Å². The van der Waals surface area contributed by atoms with E-state index in [1.165, 1.54) is 24.6 Å². The van der Waals surface area contributed by atoms with Crippen LogP contribution in [0.2, 0.25) is 0 Å². The molecule has 0 atom stereocenters. The van der Waals surface area contributed by atoms with Gasteiger partial charge in [0.05, 0.1) is 4.47 Å². The Morgan fingerprint density at radius 2 is 2.06 bits per heavy atom. The monoisotopic (exact) mass is 315 g/mol. The number of rotatable bonds is 3. The summed E-state index contributed by atoms with van der Waals surface area (Å²) in [6, 6.07) is 4.15. The molecule has 1 heterocycles. The third-order valence-electron chi connectivity index (χ3n) is 2.95. The minimum absolute atomic E-state index is 0.00420. The topological polar surface area (TPSA) is 29.5 Å². The normalized spacial score (nSPS) is 15.6. The Morgan fingerprint density at radius 3 is 2.72 bits per heavy atom. The summed E-state index contributed by atoms with van der Waals surface area (Å²) in [7, 11) is 0. The molecule has 1 aromatic rings. The van der Waals surface area contributed by atoms with Crippen molar-refractivity contribution in [3.8, 4) is 5.75 Å². The summed E-state index contributed by atoms with van der Waals surface area (Å²) < 4.78 is 18.8. The van der Waals surface area contributed by atoms with E-state index in [2.05, 4.69) is 15.9 Å². The SMILES string of the molecule is O=C(COc1ccc(F)cc1Br)N1CCCCC1. The number of carbonyl (C=O) groups excluding carboxylic acids is 1. The van der Waals surface area contributed by atoms with Gasteiger partial charge in [-0.15, -0.1) is 0 Å². The van der Waals surface area contributed by atoms with Gasteiger partial charge in [-0.3, -0.25) is 4.79 Å². The number of carbonyl (C=O) groups is 1. The second-order valence-electron chi connectivity index (χ2n) is 4.30. The fourth-order valence-corrected chi connectivity index (χ4v) is 2.43. The van der Waals surface area contributed by atoms with Crippen LogP contribution in [0, 0.1) is 5.82 Å². The molecule has 0 aromatic heterocycles. The van der Waals surface area contributed by atoms with Gasteiger partial charge in [-0.25, -0.2) is 4.39 Å². The van der Waals surface area contributed by atoms with Crippen molar-refractivity contribution in [1.82, 2.24) is 4.90 Å². The third kappa shape index (κ3) is 3.45. The van der Waals surface area contributed by atoms with Crippen molar-refractivity contribution >= 4 is 21.8 Å². The maximum absolute atomic E-state index is 12.9. The largest absolute Gasteiger partial charge is 0.483 e. The number of piperidine rings is 1. The van der Waals surface area contributed by atoms with Crippen LogP contribution in [0.1, 0.15) is 19.3 Å². The first kappa shape index (κ1) is 13.3. The van der Waals surface area contributed by atoms with E-state index in [1.54, 1.807) is 0 Å². The molecule has 1 fully saturated rings. The molecular weight excluding hydrogens is 301 g/mol. The summed E-state index contributed by atoms with van der Waals surface area (Å²) in [6.07, 6.45) is 3.31. The van der Waals surface area contributed by atoms with E-state index < -0.39 is 0 Å². The van der Waals surface area contributed by atoms with Crippen LogP contribution < -0.4 is 4.74 Å². The highest BCUT2D eigenvalue weighted by atomic mass is 79.9. The zero-order valence-electron chi connectivity index (χ0n) is 9.99. The zero-order valence-corrected chi connectivity index (χ0v) is 11.6.